The second-order valence-corrected chi connectivity index (χ2v) is 6.72. The zero-order valence-corrected chi connectivity index (χ0v) is 15.2. The lowest BCUT2D eigenvalue weighted by Gasteiger charge is -2.38. The van der Waals surface area contributed by atoms with Crippen LogP contribution in [0.1, 0.15) is 12.2 Å². The highest BCUT2D eigenvalue weighted by molar-refractivity contribution is 5.78. The standard InChI is InChI=1S/C18H20F4N4O2/c1-24-7-6-23-16(24)17(28,18(20,21)22)12-15(27)26-10-8-25(9-11-26)14-5-3-2-4-13(14)19/h2-7,28H,8-12H2,1H3. The number of hydrogen-bond donors (Lipinski definition) is 1. The quantitative estimate of drug-likeness (QED) is 0.799. The number of para-hydroxylation sites is 1. The van der Waals surface area contributed by atoms with Crippen molar-refractivity contribution in [2.24, 2.45) is 7.05 Å². The van der Waals surface area contributed by atoms with Gasteiger partial charge < -0.3 is 19.5 Å². The maximum atomic E-state index is 13.9. The number of carbonyl (C=O) groups excluding carboxylic acids is 1. The summed E-state index contributed by atoms with van der Waals surface area (Å²) in [5.74, 6) is -1.88. The van der Waals surface area contributed by atoms with Crippen LogP contribution in [0.15, 0.2) is 36.7 Å². The van der Waals surface area contributed by atoms with Gasteiger partial charge >= 0.3 is 6.18 Å². The molecule has 0 aliphatic carbocycles. The van der Waals surface area contributed by atoms with Gasteiger partial charge in [-0.05, 0) is 12.1 Å². The summed E-state index contributed by atoms with van der Waals surface area (Å²) in [5, 5.41) is 10.3. The number of halogens is 4. The Kier molecular flexibility index (Phi) is 5.33. The molecule has 0 saturated carbocycles. The molecule has 1 N–H and O–H groups in total. The molecule has 10 heteroatoms. The third kappa shape index (κ3) is 3.68. The molecule has 152 valence electrons. The van der Waals surface area contributed by atoms with Crippen molar-refractivity contribution in [3.05, 3.63) is 48.3 Å². The molecular weight excluding hydrogens is 380 g/mol. The summed E-state index contributed by atoms with van der Waals surface area (Å²) in [6.07, 6.45) is -3.84. The Balaban J connectivity index is 1.71. The molecule has 1 aromatic heterocycles. The zero-order chi connectivity index (χ0) is 20.5. The molecule has 3 rings (SSSR count). The minimum Gasteiger partial charge on any atom is -0.374 e. The molecular formula is C18H20F4N4O2. The van der Waals surface area contributed by atoms with Crippen LogP contribution in [0.5, 0.6) is 0 Å². The molecule has 1 aliphatic rings. The largest absolute Gasteiger partial charge is 0.425 e. The molecule has 1 unspecified atom stereocenters. The van der Waals surface area contributed by atoms with Gasteiger partial charge in [0.15, 0.2) is 5.82 Å². The summed E-state index contributed by atoms with van der Waals surface area (Å²) in [4.78, 5) is 19.1. The minimum absolute atomic E-state index is 0.127. The molecule has 2 aromatic rings. The van der Waals surface area contributed by atoms with Crippen LogP contribution >= 0.6 is 0 Å². The van der Waals surface area contributed by atoms with Crippen molar-refractivity contribution in [2.75, 3.05) is 31.1 Å². The Morgan fingerprint density at radius 1 is 1.18 bits per heavy atom. The Labute approximate surface area is 159 Å². The molecule has 1 aliphatic heterocycles. The second-order valence-electron chi connectivity index (χ2n) is 6.72. The van der Waals surface area contributed by atoms with Crippen LogP contribution in [-0.2, 0) is 17.4 Å². The number of amides is 1. The molecule has 0 radical (unpaired) electrons. The van der Waals surface area contributed by atoms with Crippen LogP contribution in [0.25, 0.3) is 0 Å². The maximum Gasteiger partial charge on any atom is 0.425 e. The van der Waals surface area contributed by atoms with Gasteiger partial charge in [-0.15, -0.1) is 0 Å². The second kappa shape index (κ2) is 7.42. The van der Waals surface area contributed by atoms with Crippen molar-refractivity contribution in [3.63, 3.8) is 0 Å². The Bertz CT molecular complexity index is 846. The van der Waals surface area contributed by atoms with E-state index in [0.29, 0.717) is 5.69 Å². The van der Waals surface area contributed by atoms with Crippen molar-refractivity contribution < 1.29 is 27.5 Å². The van der Waals surface area contributed by atoms with E-state index in [2.05, 4.69) is 4.98 Å². The molecule has 6 nitrogen and oxygen atoms in total. The number of benzene rings is 1. The molecule has 1 fully saturated rings. The number of hydrogen-bond acceptors (Lipinski definition) is 4. The van der Waals surface area contributed by atoms with E-state index in [4.69, 9.17) is 0 Å². The first-order valence-electron chi connectivity index (χ1n) is 8.67. The molecule has 1 saturated heterocycles. The molecule has 1 atom stereocenters. The lowest BCUT2D eigenvalue weighted by atomic mass is 9.96. The third-order valence-corrected chi connectivity index (χ3v) is 4.89. The number of aryl methyl sites for hydroxylation is 1. The van der Waals surface area contributed by atoms with E-state index in [1.54, 1.807) is 23.1 Å². The van der Waals surface area contributed by atoms with E-state index in [1.165, 1.54) is 24.2 Å². The average molecular weight is 400 g/mol. The lowest BCUT2D eigenvalue weighted by Crippen LogP contribution is -2.53. The normalized spacial score (nSPS) is 17.5. The van der Waals surface area contributed by atoms with Crippen molar-refractivity contribution in [1.82, 2.24) is 14.5 Å². The van der Waals surface area contributed by atoms with E-state index in [9.17, 15) is 27.5 Å². The number of anilines is 1. The van der Waals surface area contributed by atoms with Crippen molar-refractivity contribution in [2.45, 2.75) is 18.2 Å². The summed E-state index contributed by atoms with van der Waals surface area (Å²) >= 11 is 0. The topological polar surface area (TPSA) is 61.6 Å². The third-order valence-electron chi connectivity index (χ3n) is 4.89. The smallest absolute Gasteiger partial charge is 0.374 e. The number of rotatable bonds is 4. The van der Waals surface area contributed by atoms with Crippen molar-refractivity contribution in [3.8, 4) is 0 Å². The van der Waals surface area contributed by atoms with Crippen LogP contribution in [0, 0.1) is 5.82 Å². The Morgan fingerprint density at radius 2 is 1.82 bits per heavy atom. The van der Waals surface area contributed by atoms with E-state index < -0.39 is 35.7 Å². The number of piperazine rings is 1. The number of alkyl halides is 3. The fourth-order valence-electron chi connectivity index (χ4n) is 3.31. The summed E-state index contributed by atoms with van der Waals surface area (Å²) in [6, 6.07) is 6.18. The van der Waals surface area contributed by atoms with E-state index in [-0.39, 0.29) is 26.2 Å². The van der Waals surface area contributed by atoms with Crippen LogP contribution in [-0.4, -0.2) is 57.8 Å². The highest BCUT2D eigenvalue weighted by Gasteiger charge is 2.59. The summed E-state index contributed by atoms with van der Waals surface area (Å²) in [7, 11) is 1.32. The van der Waals surface area contributed by atoms with Crippen molar-refractivity contribution in [1.29, 1.82) is 0 Å². The molecule has 1 aromatic carbocycles. The van der Waals surface area contributed by atoms with E-state index in [1.807, 2.05) is 0 Å². The maximum absolute atomic E-state index is 13.9. The van der Waals surface area contributed by atoms with Gasteiger partial charge in [0.25, 0.3) is 0 Å². The number of aromatic nitrogens is 2. The molecule has 2 heterocycles. The van der Waals surface area contributed by atoms with E-state index in [0.717, 1.165) is 10.8 Å². The van der Waals surface area contributed by atoms with Crippen molar-refractivity contribution >= 4 is 11.6 Å². The van der Waals surface area contributed by atoms with Gasteiger partial charge in [0.05, 0.1) is 12.1 Å². The van der Waals surface area contributed by atoms with Crippen LogP contribution in [0.3, 0.4) is 0 Å². The Morgan fingerprint density at radius 3 is 2.36 bits per heavy atom. The zero-order valence-electron chi connectivity index (χ0n) is 15.2. The number of nitrogens with zero attached hydrogens (tertiary/aromatic N) is 4. The SMILES string of the molecule is Cn1ccnc1C(O)(CC(=O)N1CCN(c2ccccc2F)CC1)C(F)(F)F. The Hall–Kier alpha value is -2.62. The fourth-order valence-corrected chi connectivity index (χ4v) is 3.31. The first-order chi connectivity index (χ1) is 13.1. The van der Waals surface area contributed by atoms with Crippen LogP contribution in [0.4, 0.5) is 23.2 Å². The lowest BCUT2D eigenvalue weighted by molar-refractivity contribution is -0.272. The van der Waals surface area contributed by atoms with E-state index >= 15 is 0 Å². The van der Waals surface area contributed by atoms with Gasteiger partial charge in [-0.25, -0.2) is 9.37 Å². The van der Waals surface area contributed by atoms with Gasteiger partial charge in [0.2, 0.25) is 11.5 Å². The summed E-state index contributed by atoms with van der Waals surface area (Å²) in [5.41, 5.74) is -3.00. The molecule has 0 spiro atoms. The first kappa shape index (κ1) is 20.1. The van der Waals surface area contributed by atoms with Crippen LogP contribution < -0.4 is 4.90 Å². The monoisotopic (exact) mass is 400 g/mol. The summed E-state index contributed by atoms with van der Waals surface area (Å²) in [6.45, 7) is 0.808. The van der Waals surface area contributed by atoms with Crippen LogP contribution in [0.2, 0.25) is 0 Å². The predicted octanol–water partition coefficient (Wildman–Crippen LogP) is 2.05. The number of imidazole rings is 1. The highest BCUT2D eigenvalue weighted by Crippen LogP contribution is 2.41. The average Bonchev–Trinajstić information content (AvgIpc) is 3.08. The molecule has 0 bridgehead atoms. The number of carbonyl (C=O) groups is 1. The molecule has 1 amide bonds. The van der Waals surface area contributed by atoms with Gasteiger partial charge in [-0.2, -0.15) is 13.2 Å². The van der Waals surface area contributed by atoms with Gasteiger partial charge in [0, 0.05) is 45.6 Å². The molecule has 28 heavy (non-hydrogen) atoms. The predicted molar refractivity (Wildman–Crippen MR) is 93.0 cm³/mol. The fraction of sp³-hybridized carbons (Fsp3) is 0.444. The van der Waals surface area contributed by atoms with Gasteiger partial charge in [0.1, 0.15) is 5.82 Å². The first-order valence-corrected chi connectivity index (χ1v) is 8.67. The minimum atomic E-state index is -5.07. The van der Waals surface area contributed by atoms with Gasteiger partial charge in [-0.1, -0.05) is 12.1 Å². The number of aliphatic hydroxyl groups is 1. The van der Waals surface area contributed by atoms with Gasteiger partial charge in [-0.3, -0.25) is 4.79 Å². The summed E-state index contributed by atoms with van der Waals surface area (Å²) < 4.78 is 55.7. The highest BCUT2D eigenvalue weighted by atomic mass is 19.4.